The lowest BCUT2D eigenvalue weighted by Gasteiger charge is -2.33. The van der Waals surface area contributed by atoms with Gasteiger partial charge in [-0.2, -0.15) is 5.26 Å². The second-order valence-electron chi connectivity index (χ2n) is 6.17. The van der Waals surface area contributed by atoms with Crippen molar-refractivity contribution >= 4 is 5.97 Å². The van der Waals surface area contributed by atoms with Crippen molar-refractivity contribution in [2.24, 2.45) is 5.41 Å². The van der Waals surface area contributed by atoms with Crippen LogP contribution in [0.25, 0.3) is 0 Å². The number of carbonyl (C=O) groups excluding carboxylic acids is 1. The highest BCUT2D eigenvalue weighted by molar-refractivity contribution is 5.82. The summed E-state index contributed by atoms with van der Waals surface area (Å²) in [6.07, 6.45) is 4.59. The van der Waals surface area contributed by atoms with Gasteiger partial charge in [-0.25, -0.2) is 4.79 Å². The quantitative estimate of drug-likeness (QED) is 0.564. The monoisotopic (exact) mass is 331 g/mol. The third-order valence-corrected chi connectivity index (χ3v) is 4.11. The van der Waals surface area contributed by atoms with E-state index in [0.29, 0.717) is 5.75 Å². The molecule has 1 aliphatic heterocycles. The van der Waals surface area contributed by atoms with Crippen molar-refractivity contribution in [3.63, 3.8) is 0 Å². The van der Waals surface area contributed by atoms with Gasteiger partial charge in [0.25, 0.3) is 0 Å². The molecule has 0 aliphatic carbocycles. The van der Waals surface area contributed by atoms with E-state index >= 15 is 0 Å². The molecule has 1 heterocycles. The lowest BCUT2D eigenvalue weighted by molar-refractivity contribution is -0.222. The van der Waals surface area contributed by atoms with Crippen LogP contribution in [-0.4, -0.2) is 25.5 Å². The number of ether oxygens (including phenoxy) is 3. The molecule has 1 aromatic rings. The Kier molecular flexibility index (Phi) is 6.77. The van der Waals surface area contributed by atoms with E-state index in [-0.39, 0.29) is 19.5 Å². The van der Waals surface area contributed by atoms with E-state index in [2.05, 4.69) is 6.92 Å². The first-order chi connectivity index (χ1) is 11.6. The van der Waals surface area contributed by atoms with Crippen molar-refractivity contribution < 1.29 is 19.0 Å². The molecular formula is C19H25NO4. The first-order valence-electron chi connectivity index (χ1n) is 8.59. The standard InChI is InChI=1S/C19H25NO4/c1-3-5-7-15-8-10-16(11-9-15)24-18(21)19(12-20)13-22-17(6-4-2)23-14-19/h8-11,17H,3-7,13-14H2,1-2H3. The normalized spacial score (nSPS) is 23.5. The summed E-state index contributed by atoms with van der Waals surface area (Å²) in [4.78, 5) is 12.4. The molecule has 0 N–H and O–H groups in total. The summed E-state index contributed by atoms with van der Waals surface area (Å²) >= 11 is 0. The number of esters is 1. The van der Waals surface area contributed by atoms with Crippen LogP contribution in [0.15, 0.2) is 24.3 Å². The van der Waals surface area contributed by atoms with E-state index in [1.54, 1.807) is 12.1 Å². The molecule has 0 bridgehead atoms. The second-order valence-corrected chi connectivity index (χ2v) is 6.17. The molecule has 0 spiro atoms. The fourth-order valence-electron chi connectivity index (χ4n) is 2.50. The molecule has 1 saturated heterocycles. The van der Waals surface area contributed by atoms with Gasteiger partial charge in [-0.05, 0) is 37.0 Å². The number of aryl methyl sites for hydroxylation is 1. The Morgan fingerprint density at radius 1 is 1.25 bits per heavy atom. The van der Waals surface area contributed by atoms with Crippen molar-refractivity contribution in [2.45, 2.75) is 52.2 Å². The summed E-state index contributed by atoms with van der Waals surface area (Å²) in [6, 6.07) is 9.43. The number of hydrogen-bond donors (Lipinski definition) is 0. The molecule has 1 aliphatic rings. The van der Waals surface area contributed by atoms with Crippen LogP contribution in [-0.2, 0) is 20.7 Å². The molecule has 0 atom stereocenters. The zero-order chi connectivity index (χ0) is 17.4. The lowest BCUT2D eigenvalue weighted by atomic mass is 9.91. The summed E-state index contributed by atoms with van der Waals surface area (Å²) in [5.41, 5.74) is -0.191. The molecule has 130 valence electrons. The van der Waals surface area contributed by atoms with Crippen molar-refractivity contribution in [1.82, 2.24) is 0 Å². The minimum Gasteiger partial charge on any atom is -0.425 e. The maximum absolute atomic E-state index is 12.4. The summed E-state index contributed by atoms with van der Waals surface area (Å²) in [5, 5.41) is 9.44. The maximum atomic E-state index is 12.4. The van der Waals surface area contributed by atoms with E-state index in [4.69, 9.17) is 14.2 Å². The van der Waals surface area contributed by atoms with Gasteiger partial charge >= 0.3 is 5.97 Å². The fourth-order valence-corrected chi connectivity index (χ4v) is 2.50. The third kappa shape index (κ3) is 4.56. The van der Waals surface area contributed by atoms with Gasteiger partial charge in [0.2, 0.25) is 5.41 Å². The summed E-state index contributed by atoms with van der Waals surface area (Å²) < 4.78 is 16.4. The summed E-state index contributed by atoms with van der Waals surface area (Å²) in [6.45, 7) is 4.18. The highest BCUT2D eigenvalue weighted by atomic mass is 16.7. The Labute approximate surface area is 143 Å². The van der Waals surface area contributed by atoms with Gasteiger partial charge in [0.15, 0.2) is 6.29 Å². The van der Waals surface area contributed by atoms with E-state index in [9.17, 15) is 10.1 Å². The minimum absolute atomic E-state index is 0.00157. The highest BCUT2D eigenvalue weighted by Crippen LogP contribution is 2.28. The number of unbranched alkanes of at least 4 members (excludes halogenated alkanes) is 1. The van der Waals surface area contributed by atoms with E-state index in [1.807, 2.05) is 25.1 Å². The number of carbonyl (C=O) groups is 1. The molecule has 5 nitrogen and oxygen atoms in total. The molecule has 0 saturated carbocycles. The average Bonchev–Trinajstić information content (AvgIpc) is 2.62. The number of nitriles is 1. The fraction of sp³-hybridized carbons (Fsp3) is 0.579. The zero-order valence-corrected chi connectivity index (χ0v) is 14.4. The van der Waals surface area contributed by atoms with Crippen LogP contribution in [0.5, 0.6) is 5.75 Å². The van der Waals surface area contributed by atoms with Gasteiger partial charge in [0, 0.05) is 0 Å². The maximum Gasteiger partial charge on any atom is 0.336 e. The molecule has 0 aromatic heterocycles. The first kappa shape index (κ1) is 18.4. The number of rotatable bonds is 7. The van der Waals surface area contributed by atoms with Crippen LogP contribution in [0.1, 0.15) is 45.1 Å². The van der Waals surface area contributed by atoms with Crippen molar-refractivity contribution in [2.75, 3.05) is 13.2 Å². The van der Waals surface area contributed by atoms with Gasteiger partial charge in [0.1, 0.15) is 5.75 Å². The topological polar surface area (TPSA) is 68.6 Å². The van der Waals surface area contributed by atoms with Gasteiger partial charge < -0.3 is 14.2 Å². The Morgan fingerprint density at radius 2 is 1.92 bits per heavy atom. The van der Waals surface area contributed by atoms with Gasteiger partial charge in [0.05, 0.1) is 19.3 Å². The zero-order valence-electron chi connectivity index (χ0n) is 14.4. The van der Waals surface area contributed by atoms with E-state index in [1.165, 1.54) is 5.56 Å². The number of nitrogens with zero attached hydrogens (tertiary/aromatic N) is 1. The smallest absolute Gasteiger partial charge is 0.336 e. The summed E-state index contributed by atoms with van der Waals surface area (Å²) in [5.74, 6) is -0.188. The van der Waals surface area contributed by atoms with E-state index < -0.39 is 11.4 Å². The lowest BCUT2D eigenvalue weighted by Crippen LogP contribution is -2.48. The third-order valence-electron chi connectivity index (χ3n) is 4.11. The molecule has 1 aromatic carbocycles. The van der Waals surface area contributed by atoms with Crippen LogP contribution in [0.2, 0.25) is 0 Å². The molecule has 24 heavy (non-hydrogen) atoms. The Balaban J connectivity index is 1.96. The average molecular weight is 331 g/mol. The number of benzene rings is 1. The van der Waals surface area contributed by atoms with E-state index in [0.717, 1.165) is 32.1 Å². The molecule has 1 fully saturated rings. The van der Waals surface area contributed by atoms with Crippen LogP contribution >= 0.6 is 0 Å². The van der Waals surface area contributed by atoms with Gasteiger partial charge in [-0.3, -0.25) is 0 Å². The Hall–Kier alpha value is -1.90. The van der Waals surface area contributed by atoms with Crippen molar-refractivity contribution in [3.8, 4) is 11.8 Å². The van der Waals surface area contributed by atoms with Gasteiger partial charge in [-0.1, -0.05) is 38.8 Å². The first-order valence-corrected chi connectivity index (χ1v) is 8.59. The molecule has 2 rings (SSSR count). The van der Waals surface area contributed by atoms with Crippen LogP contribution in [0, 0.1) is 16.7 Å². The van der Waals surface area contributed by atoms with Crippen LogP contribution in [0.3, 0.4) is 0 Å². The highest BCUT2D eigenvalue weighted by Gasteiger charge is 2.46. The Bertz CT molecular complexity index is 568. The Morgan fingerprint density at radius 3 is 2.46 bits per heavy atom. The van der Waals surface area contributed by atoms with Crippen molar-refractivity contribution in [3.05, 3.63) is 29.8 Å². The molecule has 0 unspecified atom stereocenters. The summed E-state index contributed by atoms with van der Waals surface area (Å²) in [7, 11) is 0. The van der Waals surface area contributed by atoms with Crippen molar-refractivity contribution in [1.29, 1.82) is 5.26 Å². The molecular weight excluding hydrogens is 306 g/mol. The molecule has 0 amide bonds. The number of hydrogen-bond acceptors (Lipinski definition) is 5. The predicted octanol–water partition coefficient (Wildman–Crippen LogP) is 3.62. The van der Waals surface area contributed by atoms with Crippen LogP contribution in [0.4, 0.5) is 0 Å². The molecule has 0 radical (unpaired) electrons. The SMILES string of the molecule is CCCCc1ccc(OC(=O)C2(C#N)COC(CCC)OC2)cc1. The molecule has 5 heteroatoms. The second kappa shape index (κ2) is 8.81. The largest absolute Gasteiger partial charge is 0.425 e. The minimum atomic E-state index is -1.40. The van der Waals surface area contributed by atoms with Crippen LogP contribution < -0.4 is 4.74 Å². The van der Waals surface area contributed by atoms with Gasteiger partial charge in [-0.15, -0.1) is 0 Å². The predicted molar refractivity (Wildman–Crippen MR) is 89.3 cm³/mol.